The molecule has 17 heavy (non-hydrogen) atoms. The maximum absolute atomic E-state index is 5.73. The minimum atomic E-state index is 0.714. The lowest BCUT2D eigenvalue weighted by Gasteiger charge is -2.14. The molecule has 0 N–H and O–H groups in total. The summed E-state index contributed by atoms with van der Waals surface area (Å²) in [5.41, 5.74) is 2.04. The molecule has 0 radical (unpaired) electrons. The Labute approximate surface area is 102 Å². The number of hydrogen-bond acceptors (Lipinski definition) is 3. The van der Waals surface area contributed by atoms with Crippen LogP contribution in [0.1, 0.15) is 19.6 Å². The van der Waals surface area contributed by atoms with E-state index in [9.17, 15) is 0 Å². The van der Waals surface area contributed by atoms with Gasteiger partial charge in [-0.2, -0.15) is 4.98 Å². The van der Waals surface area contributed by atoms with E-state index in [1.54, 1.807) is 0 Å². The fourth-order valence-corrected chi connectivity index (χ4v) is 1.88. The molecule has 1 heterocycles. The average molecular weight is 230 g/mol. The van der Waals surface area contributed by atoms with E-state index in [1.807, 2.05) is 25.1 Å². The zero-order chi connectivity index (χ0) is 12.3. The highest BCUT2D eigenvalue weighted by molar-refractivity contribution is 5.62. The summed E-state index contributed by atoms with van der Waals surface area (Å²) in [6.45, 7) is 7.98. The van der Waals surface area contributed by atoms with E-state index in [-0.39, 0.29) is 0 Å². The van der Waals surface area contributed by atoms with Gasteiger partial charge in [-0.15, -0.1) is 0 Å². The number of benzene rings is 1. The van der Waals surface area contributed by atoms with Gasteiger partial charge in [0, 0.05) is 18.7 Å². The fourth-order valence-electron chi connectivity index (χ4n) is 1.88. The van der Waals surface area contributed by atoms with Crippen molar-refractivity contribution in [2.75, 3.05) is 18.0 Å². The van der Waals surface area contributed by atoms with Gasteiger partial charge in [-0.3, -0.25) is 0 Å². The third-order valence-corrected chi connectivity index (χ3v) is 2.87. The van der Waals surface area contributed by atoms with Crippen molar-refractivity contribution in [3.8, 4) is 11.3 Å². The molecule has 0 bridgehead atoms. The second-order valence-electron chi connectivity index (χ2n) is 3.94. The van der Waals surface area contributed by atoms with E-state index in [1.165, 1.54) is 0 Å². The third kappa shape index (κ3) is 2.33. The molecule has 3 nitrogen and oxygen atoms in total. The van der Waals surface area contributed by atoms with E-state index >= 15 is 0 Å². The monoisotopic (exact) mass is 230 g/mol. The van der Waals surface area contributed by atoms with Gasteiger partial charge in [-0.05, 0) is 20.8 Å². The number of rotatable bonds is 4. The van der Waals surface area contributed by atoms with Crippen LogP contribution in [-0.2, 0) is 0 Å². The Bertz CT molecular complexity index is 472. The Morgan fingerprint density at radius 3 is 2.35 bits per heavy atom. The number of anilines is 1. The van der Waals surface area contributed by atoms with Crippen LogP contribution in [0, 0.1) is 6.92 Å². The molecule has 0 saturated heterocycles. The summed E-state index contributed by atoms with van der Waals surface area (Å²) in [6, 6.07) is 10.9. The Balaban J connectivity index is 2.37. The van der Waals surface area contributed by atoms with Crippen molar-refractivity contribution in [1.82, 2.24) is 4.98 Å². The summed E-state index contributed by atoms with van der Waals surface area (Å²) in [4.78, 5) is 6.69. The summed E-state index contributed by atoms with van der Waals surface area (Å²) in [6.07, 6.45) is 0. The molecule has 90 valence electrons. The molecule has 0 fully saturated rings. The molecule has 1 aromatic heterocycles. The first-order valence-corrected chi connectivity index (χ1v) is 6.04. The van der Waals surface area contributed by atoms with Gasteiger partial charge in [-0.1, -0.05) is 30.3 Å². The van der Waals surface area contributed by atoms with Crippen LogP contribution < -0.4 is 4.90 Å². The topological polar surface area (TPSA) is 29.3 Å². The quantitative estimate of drug-likeness (QED) is 0.805. The van der Waals surface area contributed by atoms with Gasteiger partial charge >= 0.3 is 0 Å². The summed E-state index contributed by atoms with van der Waals surface area (Å²) >= 11 is 0. The largest absolute Gasteiger partial charge is 0.428 e. The normalized spacial score (nSPS) is 10.5. The lowest BCUT2D eigenvalue weighted by molar-refractivity contribution is 0.514. The van der Waals surface area contributed by atoms with E-state index in [4.69, 9.17) is 4.42 Å². The fraction of sp³-hybridized carbons (Fsp3) is 0.357. The molecule has 0 saturated carbocycles. The smallest absolute Gasteiger partial charge is 0.298 e. The standard InChI is InChI=1S/C14H18N2O/c1-4-16(5-2)14-15-13(11(3)17-14)12-9-7-6-8-10-12/h6-10H,4-5H2,1-3H3. The van der Waals surface area contributed by atoms with Crippen LogP contribution in [0.4, 0.5) is 6.01 Å². The van der Waals surface area contributed by atoms with Crippen LogP contribution in [0.5, 0.6) is 0 Å². The second kappa shape index (κ2) is 5.04. The van der Waals surface area contributed by atoms with Gasteiger partial charge in [0.2, 0.25) is 0 Å². The number of nitrogens with zero attached hydrogens (tertiary/aromatic N) is 2. The molecule has 0 aliphatic carbocycles. The van der Waals surface area contributed by atoms with E-state index in [2.05, 4.69) is 35.9 Å². The van der Waals surface area contributed by atoms with Gasteiger partial charge in [0.05, 0.1) is 0 Å². The molecule has 2 aromatic rings. The molecule has 0 spiro atoms. The lowest BCUT2D eigenvalue weighted by Crippen LogP contribution is -2.21. The predicted molar refractivity (Wildman–Crippen MR) is 70.2 cm³/mol. The summed E-state index contributed by atoms with van der Waals surface area (Å²) in [5, 5.41) is 0. The molecule has 2 rings (SSSR count). The second-order valence-corrected chi connectivity index (χ2v) is 3.94. The first-order chi connectivity index (χ1) is 8.26. The van der Waals surface area contributed by atoms with Crippen molar-refractivity contribution in [3.05, 3.63) is 36.1 Å². The summed E-state index contributed by atoms with van der Waals surface area (Å²) < 4.78 is 5.73. The van der Waals surface area contributed by atoms with Crippen LogP contribution >= 0.6 is 0 Å². The highest BCUT2D eigenvalue weighted by atomic mass is 16.4. The highest BCUT2D eigenvalue weighted by Gasteiger charge is 2.14. The Morgan fingerprint density at radius 2 is 1.76 bits per heavy atom. The minimum absolute atomic E-state index is 0.714. The molecule has 1 aromatic carbocycles. The first-order valence-electron chi connectivity index (χ1n) is 6.04. The van der Waals surface area contributed by atoms with Crippen molar-refractivity contribution in [3.63, 3.8) is 0 Å². The highest BCUT2D eigenvalue weighted by Crippen LogP contribution is 2.26. The zero-order valence-electron chi connectivity index (χ0n) is 10.6. The first kappa shape index (κ1) is 11.7. The van der Waals surface area contributed by atoms with Crippen LogP contribution in [0.2, 0.25) is 0 Å². The van der Waals surface area contributed by atoms with Crippen LogP contribution in [0.3, 0.4) is 0 Å². The Hall–Kier alpha value is -1.77. The van der Waals surface area contributed by atoms with Crippen LogP contribution in [-0.4, -0.2) is 18.1 Å². The van der Waals surface area contributed by atoms with Gasteiger partial charge in [-0.25, -0.2) is 0 Å². The minimum Gasteiger partial charge on any atom is -0.428 e. The summed E-state index contributed by atoms with van der Waals surface area (Å²) in [7, 11) is 0. The molecule has 0 atom stereocenters. The molecule has 0 aliphatic rings. The van der Waals surface area contributed by atoms with Crippen LogP contribution in [0.15, 0.2) is 34.7 Å². The SMILES string of the molecule is CCN(CC)c1nc(-c2ccccc2)c(C)o1. The molecular formula is C14H18N2O. The number of hydrogen-bond donors (Lipinski definition) is 0. The van der Waals surface area contributed by atoms with E-state index < -0.39 is 0 Å². The van der Waals surface area contributed by atoms with Gasteiger partial charge < -0.3 is 9.32 Å². The molecular weight excluding hydrogens is 212 g/mol. The Kier molecular flexibility index (Phi) is 3.47. The lowest BCUT2D eigenvalue weighted by atomic mass is 10.1. The maximum Gasteiger partial charge on any atom is 0.298 e. The van der Waals surface area contributed by atoms with E-state index in [0.717, 1.165) is 30.1 Å². The van der Waals surface area contributed by atoms with Gasteiger partial charge in [0.25, 0.3) is 6.01 Å². The maximum atomic E-state index is 5.73. The molecule has 3 heteroatoms. The predicted octanol–water partition coefficient (Wildman–Crippen LogP) is 3.50. The van der Waals surface area contributed by atoms with Crippen molar-refractivity contribution >= 4 is 6.01 Å². The van der Waals surface area contributed by atoms with Gasteiger partial charge in [0.1, 0.15) is 11.5 Å². The van der Waals surface area contributed by atoms with E-state index in [0.29, 0.717) is 6.01 Å². The van der Waals surface area contributed by atoms with Crippen LogP contribution in [0.25, 0.3) is 11.3 Å². The number of oxazole rings is 1. The number of aromatic nitrogens is 1. The van der Waals surface area contributed by atoms with Crippen molar-refractivity contribution in [2.45, 2.75) is 20.8 Å². The van der Waals surface area contributed by atoms with Crippen molar-refractivity contribution < 1.29 is 4.42 Å². The molecule has 0 aliphatic heterocycles. The van der Waals surface area contributed by atoms with Crippen molar-refractivity contribution in [2.24, 2.45) is 0 Å². The summed E-state index contributed by atoms with van der Waals surface area (Å²) in [5.74, 6) is 0.873. The Morgan fingerprint density at radius 1 is 1.12 bits per heavy atom. The average Bonchev–Trinajstić information content (AvgIpc) is 2.74. The van der Waals surface area contributed by atoms with Crippen molar-refractivity contribution in [1.29, 1.82) is 0 Å². The molecule has 0 amide bonds. The zero-order valence-corrected chi connectivity index (χ0v) is 10.6. The third-order valence-electron chi connectivity index (χ3n) is 2.87. The molecule has 0 unspecified atom stereocenters. The van der Waals surface area contributed by atoms with Gasteiger partial charge in [0.15, 0.2) is 0 Å². The number of aryl methyl sites for hydroxylation is 1.